The van der Waals surface area contributed by atoms with Gasteiger partial charge < -0.3 is 5.32 Å². The summed E-state index contributed by atoms with van der Waals surface area (Å²) in [6, 6.07) is 3.76. The maximum Gasteiger partial charge on any atom is 0.261 e. The third-order valence-corrected chi connectivity index (χ3v) is 5.72. The van der Waals surface area contributed by atoms with Gasteiger partial charge in [-0.05, 0) is 46.8 Å². The molecule has 0 spiro atoms. The van der Waals surface area contributed by atoms with Crippen molar-refractivity contribution in [2.24, 2.45) is 5.92 Å². The van der Waals surface area contributed by atoms with Gasteiger partial charge in [0.15, 0.2) is 0 Å². The summed E-state index contributed by atoms with van der Waals surface area (Å²) in [5, 5.41) is 3.01. The van der Waals surface area contributed by atoms with Crippen LogP contribution in [-0.2, 0) is 0 Å². The van der Waals surface area contributed by atoms with E-state index in [0.29, 0.717) is 10.7 Å². The van der Waals surface area contributed by atoms with Gasteiger partial charge in [0.2, 0.25) is 0 Å². The van der Waals surface area contributed by atoms with E-state index in [2.05, 4.69) is 37.2 Å². The maximum atomic E-state index is 11.8. The van der Waals surface area contributed by atoms with E-state index in [4.69, 9.17) is 0 Å². The Hall–Kier alpha value is 0.130. The van der Waals surface area contributed by atoms with Crippen molar-refractivity contribution in [1.82, 2.24) is 5.32 Å². The quantitative estimate of drug-likeness (QED) is 0.810. The minimum atomic E-state index is 0.0438. The van der Waals surface area contributed by atoms with E-state index in [0.717, 1.165) is 15.2 Å². The summed E-state index contributed by atoms with van der Waals surface area (Å²) in [7, 11) is 0. The fraction of sp³-hybridized carbons (Fsp3) is 0.545. The number of amides is 1. The molecule has 0 aromatic carbocycles. The number of alkyl halides is 1. The molecule has 1 aliphatic rings. The lowest BCUT2D eigenvalue weighted by molar-refractivity contribution is 0.0952. The minimum absolute atomic E-state index is 0.0438. The second-order valence-electron chi connectivity index (χ2n) is 4.02. The number of hydrogen-bond donors (Lipinski definition) is 1. The monoisotopic (exact) mass is 365 g/mol. The molecule has 1 amide bonds. The Balaban J connectivity index is 1.84. The molecule has 1 aromatic heterocycles. The highest BCUT2D eigenvalue weighted by atomic mass is 79.9. The van der Waals surface area contributed by atoms with Crippen molar-refractivity contribution in [1.29, 1.82) is 0 Å². The standard InChI is InChI=1S/C11H13Br2NOS/c12-8-3-1-2-7(8)6-14-11(15)9-4-5-10(13)16-9/h4-5,7-8H,1-3,6H2,(H,14,15). The highest BCUT2D eigenvalue weighted by molar-refractivity contribution is 9.11. The summed E-state index contributed by atoms with van der Waals surface area (Å²) in [5.41, 5.74) is 0. The zero-order valence-electron chi connectivity index (χ0n) is 8.71. The summed E-state index contributed by atoms with van der Waals surface area (Å²) < 4.78 is 0.997. The van der Waals surface area contributed by atoms with Crippen LogP contribution >= 0.6 is 43.2 Å². The molecule has 88 valence electrons. The Morgan fingerprint density at radius 2 is 2.31 bits per heavy atom. The number of thiophene rings is 1. The van der Waals surface area contributed by atoms with E-state index >= 15 is 0 Å². The van der Waals surface area contributed by atoms with Crippen molar-refractivity contribution in [3.63, 3.8) is 0 Å². The van der Waals surface area contributed by atoms with Crippen LogP contribution in [0.25, 0.3) is 0 Å². The number of halogens is 2. The van der Waals surface area contributed by atoms with Crippen molar-refractivity contribution >= 4 is 49.1 Å². The molecule has 1 N–H and O–H groups in total. The molecule has 0 aliphatic heterocycles. The van der Waals surface area contributed by atoms with Gasteiger partial charge in [-0.25, -0.2) is 0 Å². The molecule has 1 aromatic rings. The van der Waals surface area contributed by atoms with Crippen LogP contribution < -0.4 is 5.32 Å². The van der Waals surface area contributed by atoms with E-state index in [9.17, 15) is 4.79 Å². The summed E-state index contributed by atoms with van der Waals surface area (Å²) >= 11 is 8.49. The predicted octanol–water partition coefficient (Wildman–Crippen LogP) is 3.80. The SMILES string of the molecule is O=C(NCC1CCCC1Br)c1ccc(Br)s1. The van der Waals surface area contributed by atoms with Gasteiger partial charge in [-0.15, -0.1) is 11.3 Å². The largest absolute Gasteiger partial charge is 0.351 e. The van der Waals surface area contributed by atoms with Crippen molar-refractivity contribution in [2.45, 2.75) is 24.1 Å². The lowest BCUT2D eigenvalue weighted by Gasteiger charge is -2.14. The van der Waals surface area contributed by atoms with E-state index in [1.165, 1.54) is 30.6 Å². The van der Waals surface area contributed by atoms with Gasteiger partial charge in [-0.2, -0.15) is 0 Å². The molecule has 0 bridgehead atoms. The second kappa shape index (κ2) is 5.65. The van der Waals surface area contributed by atoms with Gasteiger partial charge >= 0.3 is 0 Å². The average molecular weight is 367 g/mol. The summed E-state index contributed by atoms with van der Waals surface area (Å²) in [6.07, 6.45) is 3.70. The molecule has 0 saturated heterocycles. The minimum Gasteiger partial charge on any atom is -0.351 e. The molecule has 1 aliphatic carbocycles. The first-order valence-electron chi connectivity index (χ1n) is 5.34. The number of nitrogens with one attached hydrogen (secondary N) is 1. The molecule has 5 heteroatoms. The molecule has 2 unspecified atom stereocenters. The first-order valence-corrected chi connectivity index (χ1v) is 7.87. The third-order valence-electron chi connectivity index (χ3n) is 2.89. The van der Waals surface area contributed by atoms with Crippen LogP contribution in [0, 0.1) is 5.92 Å². The number of rotatable bonds is 3. The van der Waals surface area contributed by atoms with Crippen LogP contribution in [0.1, 0.15) is 28.9 Å². The molecule has 0 radical (unpaired) electrons. The van der Waals surface area contributed by atoms with Crippen LogP contribution in [0.2, 0.25) is 0 Å². The molecule has 2 rings (SSSR count). The van der Waals surface area contributed by atoms with Crippen molar-refractivity contribution in [3.05, 3.63) is 20.8 Å². The number of carbonyl (C=O) groups is 1. The Bertz CT molecular complexity index is 380. The normalized spacial score (nSPS) is 24.6. The zero-order chi connectivity index (χ0) is 11.5. The number of hydrogen-bond acceptors (Lipinski definition) is 2. The topological polar surface area (TPSA) is 29.1 Å². The van der Waals surface area contributed by atoms with Gasteiger partial charge in [-0.1, -0.05) is 22.4 Å². The average Bonchev–Trinajstić information content (AvgIpc) is 2.84. The van der Waals surface area contributed by atoms with E-state index in [-0.39, 0.29) is 5.91 Å². The first-order chi connectivity index (χ1) is 7.66. The third kappa shape index (κ3) is 3.08. The van der Waals surface area contributed by atoms with Crippen LogP contribution in [0.3, 0.4) is 0 Å². The molecule has 2 nitrogen and oxygen atoms in total. The Morgan fingerprint density at radius 1 is 1.50 bits per heavy atom. The molecule has 1 heterocycles. The summed E-state index contributed by atoms with van der Waals surface area (Å²) in [4.78, 5) is 13.1. The lowest BCUT2D eigenvalue weighted by Crippen LogP contribution is -2.30. The highest BCUT2D eigenvalue weighted by Crippen LogP contribution is 2.31. The summed E-state index contributed by atoms with van der Waals surface area (Å²) in [5.74, 6) is 0.634. The molecule has 16 heavy (non-hydrogen) atoms. The van der Waals surface area contributed by atoms with Crippen molar-refractivity contribution < 1.29 is 4.79 Å². The van der Waals surface area contributed by atoms with Gasteiger partial charge in [-0.3, -0.25) is 4.79 Å². The fourth-order valence-corrected chi connectivity index (χ4v) is 4.05. The molecular weight excluding hydrogens is 354 g/mol. The van der Waals surface area contributed by atoms with Gasteiger partial charge in [0.1, 0.15) is 0 Å². The highest BCUT2D eigenvalue weighted by Gasteiger charge is 2.25. The Morgan fingerprint density at radius 3 is 2.88 bits per heavy atom. The van der Waals surface area contributed by atoms with E-state index in [1.807, 2.05) is 12.1 Å². The Kier molecular flexibility index (Phi) is 4.44. The van der Waals surface area contributed by atoms with Crippen LogP contribution in [0.15, 0.2) is 15.9 Å². The van der Waals surface area contributed by atoms with E-state index in [1.54, 1.807) is 0 Å². The van der Waals surface area contributed by atoms with Crippen LogP contribution in [-0.4, -0.2) is 17.3 Å². The summed E-state index contributed by atoms with van der Waals surface area (Å²) in [6.45, 7) is 0.782. The fourth-order valence-electron chi connectivity index (χ4n) is 1.97. The number of carbonyl (C=O) groups excluding carboxylic acids is 1. The Labute approximate surface area is 116 Å². The zero-order valence-corrected chi connectivity index (χ0v) is 12.7. The molecular formula is C11H13Br2NOS. The van der Waals surface area contributed by atoms with Gasteiger partial charge in [0.05, 0.1) is 8.66 Å². The van der Waals surface area contributed by atoms with Crippen LogP contribution in [0.4, 0.5) is 0 Å². The lowest BCUT2D eigenvalue weighted by atomic mass is 10.1. The van der Waals surface area contributed by atoms with Crippen molar-refractivity contribution in [2.75, 3.05) is 6.54 Å². The maximum absolute atomic E-state index is 11.8. The molecule has 2 atom stereocenters. The van der Waals surface area contributed by atoms with Gasteiger partial charge in [0, 0.05) is 11.4 Å². The van der Waals surface area contributed by atoms with Crippen molar-refractivity contribution in [3.8, 4) is 0 Å². The predicted molar refractivity (Wildman–Crippen MR) is 74.4 cm³/mol. The van der Waals surface area contributed by atoms with E-state index < -0.39 is 0 Å². The molecule has 1 fully saturated rings. The van der Waals surface area contributed by atoms with Crippen LogP contribution in [0.5, 0.6) is 0 Å². The molecule has 1 saturated carbocycles. The second-order valence-corrected chi connectivity index (χ2v) is 7.66. The van der Waals surface area contributed by atoms with Gasteiger partial charge in [0.25, 0.3) is 5.91 Å². The smallest absolute Gasteiger partial charge is 0.261 e. The first kappa shape index (κ1) is 12.6.